The highest BCUT2D eigenvalue weighted by atomic mass is 35.5. The highest BCUT2D eigenvalue weighted by Gasteiger charge is 2.31. The van der Waals surface area contributed by atoms with Crippen LogP contribution in [0, 0.1) is 0 Å². The van der Waals surface area contributed by atoms with Crippen LogP contribution in [0.5, 0.6) is 0 Å². The van der Waals surface area contributed by atoms with Crippen molar-refractivity contribution in [3.05, 3.63) is 29.0 Å². The summed E-state index contributed by atoms with van der Waals surface area (Å²) in [5, 5.41) is 0.533. The number of nitrogens with two attached hydrogens (primary N) is 1. The van der Waals surface area contributed by atoms with Gasteiger partial charge in [-0.15, -0.1) is 12.4 Å². The monoisotopic (exact) mass is 232 g/mol. The van der Waals surface area contributed by atoms with Gasteiger partial charge in [0.2, 0.25) is 0 Å². The molecule has 1 saturated carbocycles. The first-order chi connectivity index (χ1) is 6.21. The Bertz CT molecular complexity index is 291. The third-order valence-electron chi connectivity index (χ3n) is 2.80. The van der Waals surface area contributed by atoms with Crippen molar-refractivity contribution in [2.24, 2.45) is 5.73 Å². The molecule has 0 bridgehead atoms. The molecule has 78 valence electrons. The van der Waals surface area contributed by atoms with Gasteiger partial charge < -0.3 is 5.73 Å². The number of aromatic nitrogens is 1. The van der Waals surface area contributed by atoms with E-state index in [1.165, 1.54) is 12.8 Å². The molecule has 14 heavy (non-hydrogen) atoms. The Morgan fingerprint density at radius 2 is 1.93 bits per heavy atom. The number of pyridine rings is 1. The van der Waals surface area contributed by atoms with Crippen molar-refractivity contribution in [3.8, 4) is 0 Å². The molecule has 0 aromatic carbocycles. The molecule has 0 aliphatic heterocycles. The molecule has 0 radical (unpaired) electrons. The van der Waals surface area contributed by atoms with Gasteiger partial charge >= 0.3 is 0 Å². The lowest BCUT2D eigenvalue weighted by atomic mass is 9.91. The lowest BCUT2D eigenvalue weighted by Gasteiger charge is -2.23. The van der Waals surface area contributed by atoms with Gasteiger partial charge in [0.25, 0.3) is 0 Å². The van der Waals surface area contributed by atoms with Crippen LogP contribution in [0.2, 0.25) is 5.15 Å². The van der Waals surface area contributed by atoms with Gasteiger partial charge in [-0.2, -0.15) is 0 Å². The Morgan fingerprint density at radius 3 is 2.43 bits per heavy atom. The predicted octanol–water partition coefficient (Wildman–Crippen LogP) is 2.88. The van der Waals surface area contributed by atoms with Crippen LogP contribution < -0.4 is 5.73 Å². The zero-order chi connectivity index (χ0) is 9.31. The third kappa shape index (κ3) is 2.19. The lowest BCUT2D eigenvalue weighted by Crippen LogP contribution is -2.33. The van der Waals surface area contributed by atoms with Gasteiger partial charge in [0, 0.05) is 11.7 Å². The normalized spacial score (nSPS) is 19.0. The Labute approximate surface area is 95.3 Å². The molecular formula is C10H14Cl2N2. The summed E-state index contributed by atoms with van der Waals surface area (Å²) in [6.07, 6.45) is 6.37. The first-order valence-corrected chi connectivity index (χ1v) is 4.99. The molecule has 0 saturated heterocycles. The largest absolute Gasteiger partial charge is 0.321 e. The second-order valence-corrected chi connectivity index (χ2v) is 4.12. The molecule has 1 aromatic rings. The summed E-state index contributed by atoms with van der Waals surface area (Å²) in [5.41, 5.74) is 7.23. The van der Waals surface area contributed by atoms with Gasteiger partial charge in [0.05, 0.1) is 0 Å². The van der Waals surface area contributed by atoms with Crippen molar-refractivity contribution >= 4 is 24.0 Å². The molecule has 1 fully saturated rings. The van der Waals surface area contributed by atoms with E-state index in [0.717, 1.165) is 18.4 Å². The standard InChI is InChI=1S/C10H13ClN2.ClH/c11-9-4-3-8(7-13-9)10(12)5-1-2-6-10;/h3-4,7H,1-2,5-6,12H2;1H. The Balaban J connectivity index is 0.000000980. The molecule has 4 heteroatoms. The SMILES string of the molecule is Cl.NC1(c2ccc(Cl)nc2)CCCC1. The second kappa shape index (κ2) is 4.47. The van der Waals surface area contributed by atoms with Gasteiger partial charge in [0.15, 0.2) is 0 Å². The topological polar surface area (TPSA) is 38.9 Å². The van der Waals surface area contributed by atoms with Gasteiger partial charge in [-0.05, 0) is 24.5 Å². The fourth-order valence-electron chi connectivity index (χ4n) is 1.96. The van der Waals surface area contributed by atoms with E-state index in [9.17, 15) is 0 Å². The number of halogens is 2. The van der Waals surface area contributed by atoms with E-state index >= 15 is 0 Å². The molecule has 2 nitrogen and oxygen atoms in total. The first kappa shape index (κ1) is 11.8. The molecule has 1 heterocycles. The van der Waals surface area contributed by atoms with Crippen LogP contribution in [0.25, 0.3) is 0 Å². The molecule has 1 aliphatic carbocycles. The quantitative estimate of drug-likeness (QED) is 0.757. The summed E-state index contributed by atoms with van der Waals surface area (Å²) in [4.78, 5) is 4.05. The summed E-state index contributed by atoms with van der Waals surface area (Å²) in [5.74, 6) is 0. The molecule has 2 N–H and O–H groups in total. The van der Waals surface area contributed by atoms with Crippen molar-refractivity contribution < 1.29 is 0 Å². The van der Waals surface area contributed by atoms with Gasteiger partial charge in [0.1, 0.15) is 5.15 Å². The van der Waals surface area contributed by atoms with Crippen LogP contribution in [0.3, 0.4) is 0 Å². The van der Waals surface area contributed by atoms with Crippen molar-refractivity contribution in [1.29, 1.82) is 0 Å². The maximum atomic E-state index is 6.25. The Morgan fingerprint density at radius 1 is 1.29 bits per heavy atom. The van der Waals surface area contributed by atoms with Gasteiger partial charge in [-0.1, -0.05) is 30.5 Å². The first-order valence-electron chi connectivity index (χ1n) is 4.62. The molecule has 0 unspecified atom stereocenters. The van der Waals surface area contributed by atoms with E-state index in [1.54, 1.807) is 6.20 Å². The maximum absolute atomic E-state index is 6.25. The minimum Gasteiger partial charge on any atom is -0.321 e. The van der Waals surface area contributed by atoms with E-state index in [0.29, 0.717) is 5.15 Å². The van der Waals surface area contributed by atoms with E-state index in [1.807, 2.05) is 12.1 Å². The van der Waals surface area contributed by atoms with Crippen LogP contribution in [0.4, 0.5) is 0 Å². The average molecular weight is 233 g/mol. The molecule has 1 aromatic heterocycles. The number of hydrogen-bond acceptors (Lipinski definition) is 2. The third-order valence-corrected chi connectivity index (χ3v) is 3.02. The number of rotatable bonds is 1. The lowest BCUT2D eigenvalue weighted by molar-refractivity contribution is 0.460. The van der Waals surface area contributed by atoms with Crippen molar-refractivity contribution in [1.82, 2.24) is 4.98 Å². The van der Waals surface area contributed by atoms with Crippen molar-refractivity contribution in [2.45, 2.75) is 31.2 Å². The highest BCUT2D eigenvalue weighted by Crippen LogP contribution is 2.35. The summed E-state index contributed by atoms with van der Waals surface area (Å²) >= 11 is 5.71. The second-order valence-electron chi connectivity index (χ2n) is 3.73. The average Bonchev–Trinajstić information content (AvgIpc) is 2.54. The molecular weight excluding hydrogens is 219 g/mol. The van der Waals surface area contributed by atoms with Crippen LogP contribution in [0.15, 0.2) is 18.3 Å². The van der Waals surface area contributed by atoms with Crippen LogP contribution in [0.1, 0.15) is 31.2 Å². The van der Waals surface area contributed by atoms with Crippen LogP contribution >= 0.6 is 24.0 Å². The van der Waals surface area contributed by atoms with E-state index in [-0.39, 0.29) is 17.9 Å². The summed E-state index contributed by atoms with van der Waals surface area (Å²) in [6.45, 7) is 0. The molecule has 0 amide bonds. The molecule has 0 atom stereocenters. The van der Waals surface area contributed by atoms with Crippen molar-refractivity contribution in [3.63, 3.8) is 0 Å². The summed E-state index contributed by atoms with van der Waals surface area (Å²) in [7, 11) is 0. The number of nitrogens with zero attached hydrogens (tertiary/aromatic N) is 1. The zero-order valence-corrected chi connectivity index (χ0v) is 9.44. The predicted molar refractivity (Wildman–Crippen MR) is 60.8 cm³/mol. The van der Waals surface area contributed by atoms with Crippen molar-refractivity contribution in [2.75, 3.05) is 0 Å². The van der Waals surface area contributed by atoms with E-state index < -0.39 is 0 Å². The van der Waals surface area contributed by atoms with E-state index in [2.05, 4.69) is 4.98 Å². The zero-order valence-electron chi connectivity index (χ0n) is 7.87. The van der Waals surface area contributed by atoms with Crippen LogP contribution in [-0.4, -0.2) is 4.98 Å². The van der Waals surface area contributed by atoms with E-state index in [4.69, 9.17) is 17.3 Å². The minimum absolute atomic E-state index is 0. The number of hydrogen-bond donors (Lipinski definition) is 1. The Kier molecular flexibility index (Phi) is 3.76. The fraction of sp³-hybridized carbons (Fsp3) is 0.500. The highest BCUT2D eigenvalue weighted by molar-refractivity contribution is 6.29. The summed E-state index contributed by atoms with van der Waals surface area (Å²) in [6, 6.07) is 3.80. The minimum atomic E-state index is -0.141. The maximum Gasteiger partial charge on any atom is 0.129 e. The van der Waals surface area contributed by atoms with Gasteiger partial charge in [-0.3, -0.25) is 0 Å². The summed E-state index contributed by atoms with van der Waals surface area (Å²) < 4.78 is 0. The van der Waals surface area contributed by atoms with Gasteiger partial charge in [-0.25, -0.2) is 4.98 Å². The smallest absolute Gasteiger partial charge is 0.129 e. The van der Waals surface area contributed by atoms with Crippen LogP contribution in [-0.2, 0) is 5.54 Å². The Hall–Kier alpha value is -0.310. The molecule has 0 spiro atoms. The molecule has 2 rings (SSSR count). The fourth-order valence-corrected chi connectivity index (χ4v) is 2.08. The molecule has 1 aliphatic rings.